The summed E-state index contributed by atoms with van der Waals surface area (Å²) in [5.41, 5.74) is 2.31. The van der Waals surface area contributed by atoms with Crippen LogP contribution in [0.5, 0.6) is 0 Å². The molecule has 17 heavy (non-hydrogen) atoms. The topological polar surface area (TPSA) is 26.3 Å². The van der Waals surface area contributed by atoms with Crippen LogP contribution in [0.3, 0.4) is 0 Å². The van der Waals surface area contributed by atoms with Crippen molar-refractivity contribution in [1.29, 1.82) is 0 Å². The van der Waals surface area contributed by atoms with Gasteiger partial charge in [0.2, 0.25) is 0 Å². The van der Waals surface area contributed by atoms with E-state index in [0.717, 1.165) is 5.56 Å². The summed E-state index contributed by atoms with van der Waals surface area (Å²) in [4.78, 5) is 11.3. The molecule has 0 bridgehead atoms. The lowest BCUT2D eigenvalue weighted by atomic mass is 10.0. The average molecular weight is 232 g/mol. The zero-order chi connectivity index (χ0) is 12.8. The summed E-state index contributed by atoms with van der Waals surface area (Å²) in [6.45, 7) is 7.99. The molecule has 92 valence electrons. The SMILES string of the molecule is CC(C)OC(=O)C=Cc1ccc(C(C)C)cc1. The Kier molecular flexibility index (Phi) is 4.95. The smallest absolute Gasteiger partial charge is 0.331 e. The van der Waals surface area contributed by atoms with Gasteiger partial charge in [-0.25, -0.2) is 4.79 Å². The number of carbonyl (C=O) groups excluding carboxylic acids is 1. The van der Waals surface area contributed by atoms with Gasteiger partial charge >= 0.3 is 5.97 Å². The van der Waals surface area contributed by atoms with Crippen LogP contribution in [0.2, 0.25) is 0 Å². The molecule has 0 saturated carbocycles. The molecule has 0 fully saturated rings. The number of hydrogen-bond donors (Lipinski definition) is 0. The van der Waals surface area contributed by atoms with E-state index in [4.69, 9.17) is 4.74 Å². The predicted octanol–water partition coefficient (Wildman–Crippen LogP) is 3.77. The van der Waals surface area contributed by atoms with Gasteiger partial charge in [-0.15, -0.1) is 0 Å². The fraction of sp³-hybridized carbons (Fsp3) is 0.400. The quantitative estimate of drug-likeness (QED) is 0.583. The number of hydrogen-bond acceptors (Lipinski definition) is 2. The minimum absolute atomic E-state index is 0.0736. The monoisotopic (exact) mass is 232 g/mol. The van der Waals surface area contributed by atoms with E-state index in [2.05, 4.69) is 26.0 Å². The van der Waals surface area contributed by atoms with Crippen LogP contribution in [0.25, 0.3) is 6.08 Å². The third-order valence-electron chi connectivity index (χ3n) is 2.37. The van der Waals surface area contributed by atoms with Crippen molar-refractivity contribution >= 4 is 12.0 Å². The third-order valence-corrected chi connectivity index (χ3v) is 2.37. The first-order valence-electron chi connectivity index (χ1n) is 5.97. The fourth-order valence-corrected chi connectivity index (χ4v) is 1.43. The molecule has 1 aromatic rings. The molecule has 0 aliphatic carbocycles. The maximum Gasteiger partial charge on any atom is 0.331 e. The Morgan fingerprint density at radius 2 is 1.71 bits per heavy atom. The van der Waals surface area contributed by atoms with Gasteiger partial charge in [-0.1, -0.05) is 38.1 Å². The molecule has 0 aliphatic rings. The highest BCUT2D eigenvalue weighted by Crippen LogP contribution is 2.15. The Balaban J connectivity index is 2.63. The Morgan fingerprint density at radius 3 is 2.18 bits per heavy atom. The Bertz CT molecular complexity index is 386. The third kappa shape index (κ3) is 4.85. The van der Waals surface area contributed by atoms with Crippen LogP contribution in [0, 0.1) is 0 Å². The van der Waals surface area contributed by atoms with Gasteiger partial charge in [0.25, 0.3) is 0 Å². The molecule has 0 heterocycles. The molecule has 0 saturated heterocycles. The van der Waals surface area contributed by atoms with E-state index in [0.29, 0.717) is 5.92 Å². The summed E-state index contributed by atoms with van der Waals surface area (Å²) in [5, 5.41) is 0. The summed E-state index contributed by atoms with van der Waals surface area (Å²) in [5.74, 6) is 0.229. The standard InChI is InChI=1S/C15H20O2/c1-11(2)14-8-5-13(6-9-14)7-10-15(16)17-12(3)4/h5-12H,1-4H3. The van der Waals surface area contributed by atoms with Crippen molar-refractivity contribution in [3.63, 3.8) is 0 Å². The van der Waals surface area contributed by atoms with Crippen molar-refractivity contribution in [1.82, 2.24) is 0 Å². The molecule has 2 heteroatoms. The molecule has 0 radical (unpaired) electrons. The number of benzene rings is 1. The van der Waals surface area contributed by atoms with E-state index in [1.54, 1.807) is 6.08 Å². The second kappa shape index (κ2) is 6.24. The van der Waals surface area contributed by atoms with Crippen LogP contribution in [0.15, 0.2) is 30.3 Å². The Morgan fingerprint density at radius 1 is 1.12 bits per heavy atom. The van der Waals surface area contributed by atoms with E-state index in [1.807, 2.05) is 26.0 Å². The van der Waals surface area contributed by atoms with E-state index in [9.17, 15) is 4.79 Å². The molecule has 0 N–H and O–H groups in total. The van der Waals surface area contributed by atoms with E-state index in [1.165, 1.54) is 11.6 Å². The van der Waals surface area contributed by atoms with Crippen molar-refractivity contribution < 1.29 is 9.53 Å². The van der Waals surface area contributed by atoms with Crippen LogP contribution in [-0.2, 0) is 9.53 Å². The molecule has 1 rings (SSSR count). The van der Waals surface area contributed by atoms with Gasteiger partial charge in [0.05, 0.1) is 6.10 Å². The molecule has 0 spiro atoms. The summed E-state index contributed by atoms with van der Waals surface area (Å²) in [6, 6.07) is 8.18. The fourth-order valence-electron chi connectivity index (χ4n) is 1.43. The van der Waals surface area contributed by atoms with Crippen LogP contribution in [0.1, 0.15) is 44.7 Å². The average Bonchev–Trinajstić information content (AvgIpc) is 2.26. The van der Waals surface area contributed by atoms with Crippen LogP contribution in [-0.4, -0.2) is 12.1 Å². The van der Waals surface area contributed by atoms with Crippen LogP contribution in [0.4, 0.5) is 0 Å². The van der Waals surface area contributed by atoms with Gasteiger partial charge in [-0.3, -0.25) is 0 Å². The maximum atomic E-state index is 11.3. The molecule has 1 aromatic carbocycles. The van der Waals surface area contributed by atoms with Gasteiger partial charge in [-0.05, 0) is 37.0 Å². The summed E-state index contributed by atoms with van der Waals surface area (Å²) < 4.78 is 5.01. The largest absolute Gasteiger partial charge is 0.460 e. The zero-order valence-corrected chi connectivity index (χ0v) is 10.9. The van der Waals surface area contributed by atoms with Gasteiger partial charge in [0.15, 0.2) is 0 Å². The molecular weight excluding hydrogens is 212 g/mol. The summed E-state index contributed by atoms with van der Waals surface area (Å²) >= 11 is 0. The lowest BCUT2D eigenvalue weighted by Gasteiger charge is -2.05. The molecule has 2 nitrogen and oxygen atoms in total. The van der Waals surface area contributed by atoms with E-state index < -0.39 is 0 Å². The summed E-state index contributed by atoms with van der Waals surface area (Å²) in [6.07, 6.45) is 3.16. The van der Waals surface area contributed by atoms with E-state index >= 15 is 0 Å². The van der Waals surface area contributed by atoms with Crippen LogP contribution < -0.4 is 0 Å². The minimum Gasteiger partial charge on any atom is -0.460 e. The first-order valence-corrected chi connectivity index (χ1v) is 5.97. The number of esters is 1. The van der Waals surface area contributed by atoms with Gasteiger partial charge < -0.3 is 4.74 Å². The minimum atomic E-state index is -0.298. The molecule has 0 aromatic heterocycles. The predicted molar refractivity (Wildman–Crippen MR) is 70.8 cm³/mol. The summed E-state index contributed by atoms with van der Waals surface area (Å²) in [7, 11) is 0. The second-order valence-corrected chi connectivity index (χ2v) is 4.64. The van der Waals surface area contributed by atoms with Gasteiger partial charge in [0, 0.05) is 6.08 Å². The molecule has 0 amide bonds. The van der Waals surface area contributed by atoms with Crippen molar-refractivity contribution in [2.45, 2.75) is 39.7 Å². The van der Waals surface area contributed by atoms with Crippen molar-refractivity contribution in [3.8, 4) is 0 Å². The van der Waals surface area contributed by atoms with E-state index in [-0.39, 0.29) is 12.1 Å². The Labute approximate surface area is 103 Å². The molecular formula is C15H20O2. The number of carbonyl (C=O) groups is 1. The lowest BCUT2D eigenvalue weighted by molar-refractivity contribution is -0.141. The lowest BCUT2D eigenvalue weighted by Crippen LogP contribution is -2.08. The Hall–Kier alpha value is -1.57. The first-order chi connectivity index (χ1) is 7.99. The zero-order valence-electron chi connectivity index (χ0n) is 10.9. The molecule has 0 aliphatic heterocycles. The number of rotatable bonds is 4. The highest BCUT2D eigenvalue weighted by molar-refractivity contribution is 5.87. The van der Waals surface area contributed by atoms with Crippen molar-refractivity contribution in [2.75, 3.05) is 0 Å². The van der Waals surface area contributed by atoms with Gasteiger partial charge in [0.1, 0.15) is 0 Å². The highest BCUT2D eigenvalue weighted by atomic mass is 16.5. The molecule has 0 atom stereocenters. The van der Waals surface area contributed by atoms with Crippen molar-refractivity contribution in [3.05, 3.63) is 41.5 Å². The highest BCUT2D eigenvalue weighted by Gasteiger charge is 2.00. The van der Waals surface area contributed by atoms with Crippen LogP contribution >= 0.6 is 0 Å². The van der Waals surface area contributed by atoms with Gasteiger partial charge in [-0.2, -0.15) is 0 Å². The first kappa shape index (κ1) is 13.5. The normalized spacial score (nSPS) is 11.4. The number of ether oxygens (including phenoxy) is 1. The maximum absolute atomic E-state index is 11.3. The van der Waals surface area contributed by atoms with Crippen molar-refractivity contribution in [2.24, 2.45) is 0 Å². The second-order valence-electron chi connectivity index (χ2n) is 4.64. The molecule has 0 unspecified atom stereocenters.